The Morgan fingerprint density at radius 1 is 1.19 bits per heavy atom. The van der Waals surface area contributed by atoms with Crippen molar-refractivity contribution in [2.45, 2.75) is 31.8 Å². The minimum atomic E-state index is -3.77. The molecule has 1 fully saturated rings. The maximum atomic E-state index is 14.1. The Morgan fingerprint density at radius 3 is 2.76 bits per heavy atom. The molecule has 2 aromatic carbocycles. The second kappa shape index (κ2) is 12.1. The SMILES string of the molecule is COc1ccc(NC(=O)c2ccc(C)c(Nc3ncnc4cnc(N(C)CC5CCCO5)nc34)c2)cc1C(F)(F)CF. The van der Waals surface area contributed by atoms with E-state index in [1.54, 1.807) is 24.4 Å². The molecule has 10 nitrogen and oxygen atoms in total. The predicted octanol–water partition coefficient (Wildman–Crippen LogP) is 5.41. The Morgan fingerprint density at radius 2 is 2.02 bits per heavy atom. The van der Waals surface area contributed by atoms with Crippen LogP contribution in [0.25, 0.3) is 11.0 Å². The Kier molecular flexibility index (Phi) is 8.39. The minimum absolute atomic E-state index is 0.0668. The molecule has 2 aromatic heterocycles. The lowest BCUT2D eigenvalue weighted by atomic mass is 10.1. The molecule has 0 radical (unpaired) electrons. The summed E-state index contributed by atoms with van der Waals surface area (Å²) >= 11 is 0. The normalized spacial score (nSPS) is 15.0. The molecule has 1 aliphatic rings. The molecule has 5 rings (SSSR count). The van der Waals surface area contributed by atoms with Crippen LogP contribution in [0, 0.1) is 6.92 Å². The zero-order chi connectivity index (χ0) is 29.9. The molecule has 1 amide bonds. The predicted molar refractivity (Wildman–Crippen MR) is 153 cm³/mol. The van der Waals surface area contributed by atoms with Gasteiger partial charge in [-0.05, 0) is 55.7 Å². The first-order chi connectivity index (χ1) is 20.2. The molecule has 1 aliphatic heterocycles. The van der Waals surface area contributed by atoms with Gasteiger partial charge >= 0.3 is 5.92 Å². The van der Waals surface area contributed by atoms with Gasteiger partial charge in [-0.15, -0.1) is 0 Å². The van der Waals surface area contributed by atoms with E-state index in [1.165, 1.54) is 25.6 Å². The van der Waals surface area contributed by atoms with Crippen LogP contribution in [0.3, 0.4) is 0 Å². The second-order valence-corrected chi connectivity index (χ2v) is 10.0. The zero-order valence-corrected chi connectivity index (χ0v) is 23.3. The van der Waals surface area contributed by atoms with Crippen molar-refractivity contribution in [3.8, 4) is 5.75 Å². The Hall–Kier alpha value is -4.52. The topological polar surface area (TPSA) is 114 Å². The Balaban J connectivity index is 1.38. The number of nitrogens with one attached hydrogen (secondary N) is 2. The van der Waals surface area contributed by atoms with Crippen LogP contribution < -0.4 is 20.3 Å². The largest absolute Gasteiger partial charge is 0.496 e. The number of nitrogens with zero attached hydrogens (tertiary/aromatic N) is 5. The van der Waals surface area contributed by atoms with E-state index >= 15 is 0 Å². The van der Waals surface area contributed by atoms with Crippen LogP contribution >= 0.6 is 0 Å². The molecular weight excluding hydrogens is 551 g/mol. The summed E-state index contributed by atoms with van der Waals surface area (Å²) in [6, 6.07) is 8.63. The Bertz CT molecular complexity index is 1600. The number of aryl methyl sites for hydroxylation is 1. The third-order valence-corrected chi connectivity index (χ3v) is 6.98. The summed E-state index contributed by atoms with van der Waals surface area (Å²) in [6.45, 7) is 1.37. The second-order valence-electron chi connectivity index (χ2n) is 10.0. The highest BCUT2D eigenvalue weighted by molar-refractivity contribution is 6.05. The van der Waals surface area contributed by atoms with Crippen LogP contribution in [0.4, 0.5) is 36.3 Å². The number of likely N-dealkylation sites (N-methyl/N-ethyl adjacent to an activating group) is 1. The highest BCUT2D eigenvalue weighted by atomic mass is 19.3. The number of carbonyl (C=O) groups excluding carboxylic acids is 1. The molecular formula is C29H30F3N7O3. The van der Waals surface area contributed by atoms with Crippen molar-refractivity contribution in [2.24, 2.45) is 0 Å². The van der Waals surface area contributed by atoms with Crippen molar-refractivity contribution in [1.82, 2.24) is 19.9 Å². The van der Waals surface area contributed by atoms with Crippen molar-refractivity contribution in [1.29, 1.82) is 0 Å². The summed E-state index contributed by atoms with van der Waals surface area (Å²) in [6.07, 6.45) is 5.17. The number of hydrogen-bond acceptors (Lipinski definition) is 9. The fraction of sp³-hybridized carbons (Fsp3) is 0.345. The molecule has 0 bridgehead atoms. The summed E-state index contributed by atoms with van der Waals surface area (Å²) in [7, 11) is 3.11. The fourth-order valence-electron chi connectivity index (χ4n) is 4.67. The number of aromatic nitrogens is 4. The molecule has 0 spiro atoms. The summed E-state index contributed by atoms with van der Waals surface area (Å²) in [5.74, 6) is -3.58. The van der Waals surface area contributed by atoms with Crippen LogP contribution in [-0.2, 0) is 10.7 Å². The summed E-state index contributed by atoms with van der Waals surface area (Å²) in [4.78, 5) is 32.8. The van der Waals surface area contributed by atoms with Gasteiger partial charge in [0.2, 0.25) is 5.95 Å². The number of carbonyl (C=O) groups is 1. The number of hydrogen-bond donors (Lipinski definition) is 2. The van der Waals surface area contributed by atoms with Crippen LogP contribution in [-0.4, -0.2) is 65.9 Å². The van der Waals surface area contributed by atoms with E-state index in [2.05, 4.69) is 25.6 Å². The van der Waals surface area contributed by atoms with Gasteiger partial charge in [-0.1, -0.05) is 6.07 Å². The Labute approximate surface area is 240 Å². The van der Waals surface area contributed by atoms with Crippen molar-refractivity contribution < 1.29 is 27.4 Å². The quantitative estimate of drug-likeness (QED) is 0.254. The first kappa shape index (κ1) is 29.0. The van der Waals surface area contributed by atoms with Gasteiger partial charge in [-0.3, -0.25) is 4.79 Å². The first-order valence-electron chi connectivity index (χ1n) is 13.3. The van der Waals surface area contributed by atoms with Crippen LogP contribution in [0.5, 0.6) is 5.75 Å². The zero-order valence-electron chi connectivity index (χ0n) is 23.3. The molecule has 1 unspecified atom stereocenters. The van der Waals surface area contributed by atoms with Gasteiger partial charge in [0.05, 0.1) is 25.0 Å². The number of ether oxygens (including phenoxy) is 2. The number of benzene rings is 2. The van der Waals surface area contributed by atoms with Gasteiger partial charge in [0.15, 0.2) is 12.5 Å². The number of fused-ring (bicyclic) bond motifs is 1. The van der Waals surface area contributed by atoms with Gasteiger partial charge in [-0.25, -0.2) is 24.3 Å². The van der Waals surface area contributed by atoms with Gasteiger partial charge in [0.1, 0.15) is 23.1 Å². The number of amides is 1. The third-order valence-electron chi connectivity index (χ3n) is 6.98. The number of methoxy groups -OCH3 is 1. The lowest BCUT2D eigenvalue weighted by Crippen LogP contribution is -2.29. The highest BCUT2D eigenvalue weighted by Gasteiger charge is 2.35. The average molecular weight is 582 g/mol. The number of alkyl halides is 3. The molecule has 2 N–H and O–H groups in total. The lowest BCUT2D eigenvalue weighted by Gasteiger charge is -2.21. The highest BCUT2D eigenvalue weighted by Crippen LogP contribution is 2.37. The van der Waals surface area contributed by atoms with E-state index < -0.39 is 24.1 Å². The van der Waals surface area contributed by atoms with Crippen LogP contribution in [0.1, 0.15) is 34.3 Å². The number of rotatable bonds is 10. The van der Waals surface area contributed by atoms with E-state index in [0.717, 1.165) is 31.1 Å². The molecule has 0 aliphatic carbocycles. The molecule has 13 heteroatoms. The molecule has 3 heterocycles. The van der Waals surface area contributed by atoms with E-state index in [9.17, 15) is 18.0 Å². The smallest absolute Gasteiger partial charge is 0.304 e. The maximum absolute atomic E-state index is 14.1. The van der Waals surface area contributed by atoms with E-state index in [-0.39, 0.29) is 23.1 Å². The maximum Gasteiger partial charge on any atom is 0.304 e. The molecule has 42 heavy (non-hydrogen) atoms. The molecule has 0 saturated carbocycles. The van der Waals surface area contributed by atoms with Crippen molar-refractivity contribution >= 4 is 40.1 Å². The number of anilines is 4. The van der Waals surface area contributed by atoms with Crippen molar-refractivity contribution in [3.63, 3.8) is 0 Å². The summed E-state index contributed by atoms with van der Waals surface area (Å²) in [5, 5.41) is 5.84. The lowest BCUT2D eigenvalue weighted by molar-refractivity contribution is -0.0298. The van der Waals surface area contributed by atoms with Crippen molar-refractivity contribution in [2.75, 3.05) is 49.5 Å². The fourth-order valence-corrected chi connectivity index (χ4v) is 4.67. The van der Waals surface area contributed by atoms with Crippen LogP contribution in [0.2, 0.25) is 0 Å². The molecule has 220 valence electrons. The van der Waals surface area contributed by atoms with Gasteiger partial charge < -0.3 is 25.0 Å². The number of halogens is 3. The van der Waals surface area contributed by atoms with E-state index in [1.807, 2.05) is 18.9 Å². The molecule has 4 aromatic rings. The standard InChI is InChI=1S/C29H30F3N7O3/c1-17-6-7-18(27(40)36-19-8-9-24(41-3)21(12-19)29(31,32)15-30)11-22(17)37-26-25-23(34-16-35-26)13-33-28(38-25)39(2)14-20-5-4-10-42-20/h6-9,11-13,16,20H,4-5,10,14-15H2,1-3H3,(H,36,40)(H,34,35,37). The van der Waals surface area contributed by atoms with Crippen LogP contribution in [0.15, 0.2) is 48.9 Å². The van der Waals surface area contributed by atoms with Gasteiger partial charge in [0, 0.05) is 37.1 Å². The van der Waals surface area contributed by atoms with Gasteiger partial charge in [0.25, 0.3) is 5.91 Å². The summed E-state index contributed by atoms with van der Waals surface area (Å²) < 4.78 is 52.0. The van der Waals surface area contributed by atoms with E-state index in [0.29, 0.717) is 35.0 Å². The van der Waals surface area contributed by atoms with Gasteiger partial charge in [-0.2, -0.15) is 8.78 Å². The average Bonchev–Trinajstić information content (AvgIpc) is 3.51. The molecule has 1 saturated heterocycles. The monoisotopic (exact) mass is 581 g/mol. The molecule has 1 atom stereocenters. The minimum Gasteiger partial charge on any atom is -0.496 e. The summed E-state index contributed by atoms with van der Waals surface area (Å²) in [5.41, 5.74) is 2.09. The third kappa shape index (κ3) is 6.20. The van der Waals surface area contributed by atoms with E-state index in [4.69, 9.17) is 14.5 Å². The van der Waals surface area contributed by atoms with Crippen molar-refractivity contribution in [3.05, 3.63) is 65.6 Å². The first-order valence-corrected chi connectivity index (χ1v) is 13.3.